The number of rotatable bonds is 2. The van der Waals surface area contributed by atoms with E-state index in [0.717, 1.165) is 33.5 Å². The molecule has 8 aromatic rings. The summed E-state index contributed by atoms with van der Waals surface area (Å²) in [4.78, 5) is 11.1. The van der Waals surface area contributed by atoms with Crippen LogP contribution in [0.2, 0.25) is 0 Å². The molecule has 2 aliphatic carbocycles. The smallest absolute Gasteiger partial charge is 0.235 e. The van der Waals surface area contributed by atoms with E-state index in [-0.39, 0.29) is 10.8 Å². The van der Waals surface area contributed by atoms with Crippen LogP contribution in [0.25, 0.3) is 72.0 Å². The van der Waals surface area contributed by atoms with Crippen LogP contribution in [0.5, 0.6) is 0 Å². The number of fused-ring (bicyclic) bond motifs is 10. The lowest BCUT2D eigenvalue weighted by Gasteiger charge is -2.23. The van der Waals surface area contributed by atoms with Gasteiger partial charge in [0.05, 0.1) is 22.4 Å². The standard InChI is InChI=1S/C44H33N3/c1-43(2)34-18-10-7-15-29(34)30-22-21-28(24-36(30)43)40-39-32-17-8-11-19-35(32)44(3,4)41(39)46-42(45-40)47-37-20-12-9-16-31(37)33-23-26-13-5-6-14-27(26)25-38(33)47/h5-25H,1-4H3. The third-order valence-corrected chi connectivity index (χ3v) is 11.0. The molecule has 10 rings (SSSR count). The fourth-order valence-corrected chi connectivity index (χ4v) is 8.56. The van der Waals surface area contributed by atoms with Crippen LogP contribution >= 0.6 is 0 Å². The summed E-state index contributed by atoms with van der Waals surface area (Å²) in [5, 5.41) is 4.86. The van der Waals surface area contributed by atoms with Gasteiger partial charge in [-0.05, 0) is 68.4 Å². The monoisotopic (exact) mass is 603 g/mol. The Bertz CT molecular complexity index is 2640. The van der Waals surface area contributed by atoms with Crippen LogP contribution in [0, 0.1) is 0 Å². The minimum Gasteiger partial charge on any atom is -0.278 e. The molecule has 224 valence electrons. The van der Waals surface area contributed by atoms with Crippen molar-refractivity contribution in [3.05, 3.63) is 150 Å². The average molecular weight is 604 g/mol. The summed E-state index contributed by atoms with van der Waals surface area (Å²) in [6.45, 7) is 9.30. The van der Waals surface area contributed by atoms with E-state index in [1.165, 1.54) is 54.9 Å². The highest BCUT2D eigenvalue weighted by Crippen LogP contribution is 2.53. The Morgan fingerprint density at radius 3 is 1.94 bits per heavy atom. The van der Waals surface area contributed by atoms with Gasteiger partial charge in [0.15, 0.2) is 0 Å². The summed E-state index contributed by atoms with van der Waals surface area (Å²) in [6, 6.07) is 46.5. The summed E-state index contributed by atoms with van der Waals surface area (Å²) in [5.74, 6) is 0.712. The third-order valence-electron chi connectivity index (χ3n) is 11.0. The Balaban J connectivity index is 1.31. The lowest BCUT2D eigenvalue weighted by molar-refractivity contribution is 0.632. The van der Waals surface area contributed by atoms with Crippen LogP contribution in [0.15, 0.2) is 127 Å². The molecule has 0 unspecified atom stereocenters. The van der Waals surface area contributed by atoms with Gasteiger partial charge in [0.1, 0.15) is 0 Å². The normalized spacial score (nSPS) is 15.1. The predicted octanol–water partition coefficient (Wildman–Crippen LogP) is 11.0. The van der Waals surface area contributed by atoms with E-state index >= 15 is 0 Å². The first-order chi connectivity index (χ1) is 22.8. The SMILES string of the molecule is CC1(C)c2ccccc2-c2ccc(-c3nc(-n4c5ccccc5c5cc6ccccc6cc54)nc4c3-c3ccccc3C4(C)C)cc21. The fourth-order valence-electron chi connectivity index (χ4n) is 8.56. The lowest BCUT2D eigenvalue weighted by Crippen LogP contribution is -2.19. The molecule has 0 N–H and O–H groups in total. The highest BCUT2D eigenvalue weighted by atomic mass is 15.2. The van der Waals surface area contributed by atoms with Gasteiger partial charge in [0.25, 0.3) is 0 Å². The van der Waals surface area contributed by atoms with E-state index in [1.807, 2.05) is 0 Å². The molecule has 3 nitrogen and oxygen atoms in total. The summed E-state index contributed by atoms with van der Waals surface area (Å²) in [6.07, 6.45) is 0. The number of hydrogen-bond donors (Lipinski definition) is 0. The van der Waals surface area contributed by atoms with Crippen molar-refractivity contribution in [3.63, 3.8) is 0 Å². The van der Waals surface area contributed by atoms with Gasteiger partial charge in [-0.1, -0.05) is 131 Å². The minimum atomic E-state index is -0.282. The van der Waals surface area contributed by atoms with E-state index in [2.05, 4.69) is 160 Å². The van der Waals surface area contributed by atoms with Crippen LogP contribution in [0.1, 0.15) is 50.1 Å². The van der Waals surface area contributed by atoms with Gasteiger partial charge in [-0.3, -0.25) is 4.57 Å². The van der Waals surface area contributed by atoms with Gasteiger partial charge in [-0.2, -0.15) is 0 Å². The number of para-hydroxylation sites is 1. The second kappa shape index (κ2) is 9.04. The highest BCUT2D eigenvalue weighted by Gasteiger charge is 2.41. The molecule has 3 heteroatoms. The van der Waals surface area contributed by atoms with E-state index in [0.29, 0.717) is 5.95 Å². The largest absolute Gasteiger partial charge is 0.278 e. The first-order valence-corrected chi connectivity index (χ1v) is 16.5. The summed E-state index contributed by atoms with van der Waals surface area (Å²) >= 11 is 0. The van der Waals surface area contributed by atoms with Crippen molar-refractivity contribution in [2.24, 2.45) is 0 Å². The first kappa shape index (κ1) is 26.7. The molecule has 0 spiro atoms. The van der Waals surface area contributed by atoms with Gasteiger partial charge >= 0.3 is 0 Å². The van der Waals surface area contributed by atoms with E-state index < -0.39 is 0 Å². The second-order valence-electron chi connectivity index (χ2n) is 14.3. The molecule has 0 atom stereocenters. The zero-order chi connectivity index (χ0) is 31.7. The molecule has 0 saturated heterocycles. The van der Waals surface area contributed by atoms with Crippen molar-refractivity contribution < 1.29 is 0 Å². The van der Waals surface area contributed by atoms with E-state index in [9.17, 15) is 0 Å². The van der Waals surface area contributed by atoms with Crippen molar-refractivity contribution in [2.45, 2.75) is 38.5 Å². The topological polar surface area (TPSA) is 30.7 Å². The Morgan fingerprint density at radius 1 is 0.489 bits per heavy atom. The Kier molecular flexibility index (Phi) is 5.13. The van der Waals surface area contributed by atoms with Crippen LogP contribution in [-0.2, 0) is 10.8 Å². The first-order valence-electron chi connectivity index (χ1n) is 16.5. The molecule has 47 heavy (non-hydrogen) atoms. The molecule has 0 fully saturated rings. The van der Waals surface area contributed by atoms with Gasteiger partial charge in [-0.25, -0.2) is 9.97 Å². The van der Waals surface area contributed by atoms with Gasteiger partial charge in [0.2, 0.25) is 5.95 Å². The molecular formula is C44H33N3. The van der Waals surface area contributed by atoms with Crippen molar-refractivity contribution in [3.8, 4) is 39.5 Å². The van der Waals surface area contributed by atoms with E-state index in [4.69, 9.17) is 9.97 Å². The summed E-state index contributed by atoms with van der Waals surface area (Å²) in [5.41, 5.74) is 14.1. The Labute approximate surface area is 274 Å². The van der Waals surface area contributed by atoms with Gasteiger partial charge < -0.3 is 0 Å². The predicted molar refractivity (Wildman–Crippen MR) is 194 cm³/mol. The molecule has 0 bridgehead atoms. The van der Waals surface area contributed by atoms with Crippen LogP contribution < -0.4 is 0 Å². The van der Waals surface area contributed by atoms with Crippen molar-refractivity contribution in [2.75, 3.05) is 0 Å². The molecule has 6 aromatic carbocycles. The van der Waals surface area contributed by atoms with Crippen molar-refractivity contribution >= 4 is 32.6 Å². The van der Waals surface area contributed by atoms with Crippen molar-refractivity contribution in [1.82, 2.24) is 14.5 Å². The minimum absolute atomic E-state index is 0.105. The molecule has 2 heterocycles. The van der Waals surface area contributed by atoms with Crippen LogP contribution in [0.4, 0.5) is 0 Å². The van der Waals surface area contributed by atoms with Gasteiger partial charge in [-0.15, -0.1) is 0 Å². The van der Waals surface area contributed by atoms with Crippen LogP contribution in [0.3, 0.4) is 0 Å². The van der Waals surface area contributed by atoms with E-state index in [1.54, 1.807) is 0 Å². The van der Waals surface area contributed by atoms with Gasteiger partial charge in [0, 0.05) is 32.7 Å². The number of benzene rings is 6. The second-order valence-corrected chi connectivity index (χ2v) is 14.3. The maximum Gasteiger partial charge on any atom is 0.235 e. The lowest BCUT2D eigenvalue weighted by atomic mass is 9.81. The average Bonchev–Trinajstić information content (AvgIpc) is 3.63. The molecule has 2 aliphatic rings. The fraction of sp³-hybridized carbons (Fsp3) is 0.136. The molecule has 0 aliphatic heterocycles. The Hall–Kier alpha value is -5.54. The maximum absolute atomic E-state index is 5.58. The molecule has 0 radical (unpaired) electrons. The van der Waals surface area contributed by atoms with Crippen LogP contribution in [-0.4, -0.2) is 14.5 Å². The number of aromatic nitrogens is 3. The third kappa shape index (κ3) is 3.46. The molecule has 0 saturated carbocycles. The zero-order valence-electron chi connectivity index (χ0n) is 27.0. The molecule has 0 amide bonds. The Morgan fingerprint density at radius 2 is 1.13 bits per heavy atom. The number of nitrogens with zero attached hydrogens (tertiary/aromatic N) is 3. The number of hydrogen-bond acceptors (Lipinski definition) is 2. The quantitative estimate of drug-likeness (QED) is 0.197. The maximum atomic E-state index is 5.58. The van der Waals surface area contributed by atoms with Crippen molar-refractivity contribution in [1.29, 1.82) is 0 Å². The molecular weight excluding hydrogens is 571 g/mol. The summed E-state index contributed by atoms with van der Waals surface area (Å²) in [7, 11) is 0. The summed E-state index contributed by atoms with van der Waals surface area (Å²) < 4.78 is 2.28. The zero-order valence-corrected chi connectivity index (χ0v) is 27.0. The highest BCUT2D eigenvalue weighted by molar-refractivity contribution is 6.13. The molecule has 2 aromatic heterocycles.